The van der Waals surface area contributed by atoms with Crippen molar-refractivity contribution in [2.24, 2.45) is 0 Å². The Morgan fingerprint density at radius 1 is 0.824 bits per heavy atom. The highest BCUT2D eigenvalue weighted by Crippen LogP contribution is 2.18. The summed E-state index contributed by atoms with van der Waals surface area (Å²) in [4.78, 5) is 0. The molecule has 0 aromatic carbocycles. The molecule has 0 aromatic heterocycles. The lowest BCUT2D eigenvalue weighted by Gasteiger charge is -1.93. The number of rotatable bonds is 0. The van der Waals surface area contributed by atoms with E-state index in [1.807, 2.05) is 12.1 Å². The van der Waals surface area contributed by atoms with Gasteiger partial charge in [-0.1, -0.05) is 24.3 Å². The predicted molar refractivity (Wildman–Crippen MR) is 59.4 cm³/mol. The lowest BCUT2D eigenvalue weighted by Crippen LogP contribution is -1.82. The number of hydrogen-bond donors (Lipinski definition) is 0. The molecule has 1 aliphatic rings. The highest BCUT2D eigenvalue weighted by molar-refractivity contribution is 5.54. The maximum atomic E-state index is 8.73. The van der Waals surface area contributed by atoms with Gasteiger partial charge in [-0.05, 0) is 12.0 Å². The molecule has 4 heteroatoms. The SMILES string of the molecule is N#CC(C#N)=C1C=CCC(=C(C#N)C#N)C=C1. The number of allylic oxidation sites excluding steroid dienone is 8. The molecule has 1 aliphatic carbocycles. The van der Waals surface area contributed by atoms with Gasteiger partial charge in [-0.25, -0.2) is 0 Å². The van der Waals surface area contributed by atoms with Crippen LogP contribution in [0, 0.1) is 45.3 Å². The van der Waals surface area contributed by atoms with Crippen LogP contribution >= 0.6 is 0 Å². The molecule has 0 aliphatic heterocycles. The molecule has 0 fully saturated rings. The zero-order chi connectivity index (χ0) is 12.7. The smallest absolute Gasteiger partial charge is 0.136 e. The van der Waals surface area contributed by atoms with Gasteiger partial charge in [0.25, 0.3) is 0 Å². The van der Waals surface area contributed by atoms with Crippen molar-refractivity contribution in [2.75, 3.05) is 0 Å². The first-order valence-corrected chi connectivity index (χ1v) is 4.69. The molecule has 17 heavy (non-hydrogen) atoms. The Morgan fingerprint density at radius 3 is 1.94 bits per heavy atom. The maximum absolute atomic E-state index is 8.73. The predicted octanol–water partition coefficient (Wildman–Crippen LogP) is 2.19. The molecule has 0 heterocycles. The molecular formula is C13H6N4. The zero-order valence-corrected chi connectivity index (χ0v) is 8.81. The van der Waals surface area contributed by atoms with Gasteiger partial charge in [0.05, 0.1) is 0 Å². The second-order valence-electron chi connectivity index (χ2n) is 3.12. The van der Waals surface area contributed by atoms with E-state index in [1.54, 1.807) is 36.4 Å². The summed E-state index contributed by atoms with van der Waals surface area (Å²) in [6.07, 6.45) is 6.94. The number of nitriles is 4. The van der Waals surface area contributed by atoms with Crippen LogP contribution in [0.4, 0.5) is 0 Å². The summed E-state index contributed by atoms with van der Waals surface area (Å²) in [6.45, 7) is 0. The minimum absolute atomic E-state index is 0.00853. The van der Waals surface area contributed by atoms with Gasteiger partial charge in [0.2, 0.25) is 0 Å². The Bertz CT molecular complexity index is 584. The van der Waals surface area contributed by atoms with Crippen molar-refractivity contribution < 1.29 is 0 Å². The van der Waals surface area contributed by atoms with Gasteiger partial charge in [-0.15, -0.1) is 0 Å². The van der Waals surface area contributed by atoms with Crippen LogP contribution in [-0.2, 0) is 0 Å². The van der Waals surface area contributed by atoms with Gasteiger partial charge in [-0.3, -0.25) is 0 Å². The lowest BCUT2D eigenvalue weighted by atomic mass is 10.1. The van der Waals surface area contributed by atoms with Crippen molar-refractivity contribution in [3.8, 4) is 24.3 Å². The van der Waals surface area contributed by atoms with E-state index in [9.17, 15) is 0 Å². The average molecular weight is 218 g/mol. The quantitative estimate of drug-likeness (QED) is 0.582. The van der Waals surface area contributed by atoms with E-state index in [2.05, 4.69) is 0 Å². The van der Waals surface area contributed by atoms with Gasteiger partial charge < -0.3 is 0 Å². The van der Waals surface area contributed by atoms with Crippen LogP contribution in [0.5, 0.6) is 0 Å². The van der Waals surface area contributed by atoms with Gasteiger partial charge in [0.15, 0.2) is 0 Å². The molecule has 0 spiro atoms. The van der Waals surface area contributed by atoms with E-state index < -0.39 is 0 Å². The van der Waals surface area contributed by atoms with Gasteiger partial charge in [0, 0.05) is 5.57 Å². The summed E-state index contributed by atoms with van der Waals surface area (Å²) in [7, 11) is 0. The second kappa shape index (κ2) is 5.72. The molecule has 0 saturated heterocycles. The Hall–Kier alpha value is -3.08. The van der Waals surface area contributed by atoms with Crippen LogP contribution in [0.25, 0.3) is 0 Å². The summed E-state index contributed by atoms with van der Waals surface area (Å²) >= 11 is 0. The molecule has 0 saturated carbocycles. The molecule has 0 radical (unpaired) electrons. The summed E-state index contributed by atoms with van der Waals surface area (Å²) in [6, 6.07) is 7.20. The van der Waals surface area contributed by atoms with Crippen molar-refractivity contribution in [3.63, 3.8) is 0 Å². The Labute approximate surface area is 98.9 Å². The van der Waals surface area contributed by atoms with Crippen molar-refractivity contribution in [1.29, 1.82) is 21.0 Å². The molecule has 0 aromatic rings. The molecule has 0 amide bonds. The van der Waals surface area contributed by atoms with Gasteiger partial charge in [0.1, 0.15) is 35.4 Å². The van der Waals surface area contributed by atoms with E-state index in [1.165, 1.54) is 0 Å². The Kier molecular flexibility index (Phi) is 4.03. The third kappa shape index (κ3) is 2.69. The molecule has 0 bridgehead atoms. The highest BCUT2D eigenvalue weighted by atomic mass is 14.3. The van der Waals surface area contributed by atoms with Crippen LogP contribution < -0.4 is 0 Å². The van der Waals surface area contributed by atoms with Crippen molar-refractivity contribution in [2.45, 2.75) is 6.42 Å². The fraction of sp³-hybridized carbons (Fsp3) is 0.0769. The van der Waals surface area contributed by atoms with E-state index in [0.29, 0.717) is 17.6 Å². The van der Waals surface area contributed by atoms with Gasteiger partial charge in [-0.2, -0.15) is 21.0 Å². The molecule has 78 valence electrons. The van der Waals surface area contributed by atoms with Crippen LogP contribution in [0.2, 0.25) is 0 Å². The summed E-state index contributed by atoms with van der Waals surface area (Å²) in [5.41, 5.74) is 1.12. The minimum atomic E-state index is 0.00853. The molecule has 1 rings (SSSR count). The first-order valence-electron chi connectivity index (χ1n) is 4.69. The van der Waals surface area contributed by atoms with Crippen molar-refractivity contribution in [1.82, 2.24) is 0 Å². The first-order chi connectivity index (χ1) is 8.26. The third-order valence-corrected chi connectivity index (χ3v) is 2.16. The molecular weight excluding hydrogens is 212 g/mol. The van der Waals surface area contributed by atoms with E-state index >= 15 is 0 Å². The topological polar surface area (TPSA) is 95.2 Å². The lowest BCUT2D eigenvalue weighted by molar-refractivity contribution is 1.26. The van der Waals surface area contributed by atoms with E-state index in [-0.39, 0.29) is 11.1 Å². The van der Waals surface area contributed by atoms with Crippen molar-refractivity contribution >= 4 is 0 Å². The maximum Gasteiger partial charge on any atom is 0.136 e. The molecule has 0 N–H and O–H groups in total. The van der Waals surface area contributed by atoms with Crippen LogP contribution in [0.15, 0.2) is 46.6 Å². The zero-order valence-electron chi connectivity index (χ0n) is 8.81. The third-order valence-electron chi connectivity index (χ3n) is 2.16. The first kappa shape index (κ1) is 12.0. The fourth-order valence-corrected chi connectivity index (χ4v) is 1.30. The van der Waals surface area contributed by atoms with Gasteiger partial charge >= 0.3 is 0 Å². The highest BCUT2D eigenvalue weighted by Gasteiger charge is 2.06. The molecule has 4 nitrogen and oxygen atoms in total. The summed E-state index contributed by atoms with van der Waals surface area (Å²) in [5.74, 6) is 0. The minimum Gasteiger partial charge on any atom is -0.192 e. The average Bonchev–Trinajstić information content (AvgIpc) is 2.59. The summed E-state index contributed by atoms with van der Waals surface area (Å²) in [5, 5.41) is 34.9. The summed E-state index contributed by atoms with van der Waals surface area (Å²) < 4.78 is 0. The monoisotopic (exact) mass is 218 g/mol. The van der Waals surface area contributed by atoms with Crippen molar-refractivity contribution in [3.05, 3.63) is 46.6 Å². The van der Waals surface area contributed by atoms with Crippen LogP contribution in [-0.4, -0.2) is 0 Å². The Balaban J connectivity index is 3.30. The number of hydrogen-bond acceptors (Lipinski definition) is 4. The van der Waals surface area contributed by atoms with Crippen LogP contribution in [0.3, 0.4) is 0 Å². The molecule has 0 unspecified atom stereocenters. The second-order valence-corrected chi connectivity index (χ2v) is 3.12. The molecule has 0 atom stereocenters. The van der Waals surface area contributed by atoms with E-state index in [0.717, 1.165) is 0 Å². The van der Waals surface area contributed by atoms with Crippen LogP contribution in [0.1, 0.15) is 6.42 Å². The Morgan fingerprint density at radius 2 is 1.41 bits per heavy atom. The fourth-order valence-electron chi connectivity index (χ4n) is 1.30. The van der Waals surface area contributed by atoms with E-state index in [4.69, 9.17) is 21.0 Å². The largest absolute Gasteiger partial charge is 0.192 e. The number of nitrogens with zero attached hydrogens (tertiary/aromatic N) is 4. The normalized spacial score (nSPS) is 12.7. The standard InChI is InChI=1S/C13H6N4/c14-6-12(7-15)10-2-1-3-11(5-4-10)13(8-16)9-17/h1-2,4-5H,3H2.